The molecule has 0 radical (unpaired) electrons. The van der Waals surface area contributed by atoms with Crippen LogP contribution in [0.4, 0.5) is 0 Å². The van der Waals surface area contributed by atoms with Gasteiger partial charge in [-0.2, -0.15) is 0 Å². The number of β-lactam (4-membered cyclic amide) rings is 1. The molecule has 0 aromatic heterocycles. The summed E-state index contributed by atoms with van der Waals surface area (Å²) in [6.07, 6.45) is 0.558. The van der Waals surface area contributed by atoms with Crippen molar-refractivity contribution < 1.29 is 14.3 Å². The number of esters is 1. The van der Waals surface area contributed by atoms with Crippen LogP contribution in [0.25, 0.3) is 0 Å². The maximum atomic E-state index is 11.4. The number of rotatable bonds is 3. The molecule has 15 heavy (non-hydrogen) atoms. The number of likely N-dealkylation sites (tertiary alicyclic amines) is 1. The first-order chi connectivity index (χ1) is 7.27. The average molecular weight is 205 g/mol. The molecule has 0 bridgehead atoms. The number of ether oxygens (including phenoxy) is 1. The molecule has 0 unspecified atom stereocenters. The summed E-state index contributed by atoms with van der Waals surface area (Å²) < 4.78 is 4.97. The van der Waals surface area contributed by atoms with Crippen molar-refractivity contribution in [2.75, 3.05) is 13.3 Å². The van der Waals surface area contributed by atoms with E-state index in [4.69, 9.17) is 4.74 Å². The van der Waals surface area contributed by atoms with Crippen LogP contribution in [0.1, 0.15) is 16.8 Å². The van der Waals surface area contributed by atoms with Gasteiger partial charge in [0.25, 0.3) is 0 Å². The van der Waals surface area contributed by atoms with Crippen molar-refractivity contribution in [1.29, 1.82) is 0 Å². The summed E-state index contributed by atoms with van der Waals surface area (Å²) in [4.78, 5) is 23.9. The molecule has 0 N–H and O–H groups in total. The lowest BCUT2D eigenvalue weighted by atomic mass is 10.2. The Labute approximate surface area is 87.4 Å². The van der Waals surface area contributed by atoms with Crippen molar-refractivity contribution >= 4 is 11.9 Å². The summed E-state index contributed by atoms with van der Waals surface area (Å²) >= 11 is 0. The molecular formula is C11H11NO3. The zero-order valence-corrected chi connectivity index (χ0v) is 8.18. The van der Waals surface area contributed by atoms with E-state index < -0.39 is 5.97 Å². The molecule has 1 aliphatic rings. The van der Waals surface area contributed by atoms with Crippen LogP contribution in [0.15, 0.2) is 30.3 Å². The lowest BCUT2D eigenvalue weighted by Gasteiger charge is -2.29. The molecule has 0 spiro atoms. The predicted octanol–water partition coefficient (Wildman–Crippen LogP) is 1.03. The highest BCUT2D eigenvalue weighted by molar-refractivity contribution is 5.89. The van der Waals surface area contributed by atoms with Crippen molar-refractivity contribution in [3.63, 3.8) is 0 Å². The highest BCUT2D eigenvalue weighted by atomic mass is 16.5. The minimum absolute atomic E-state index is 0.0378. The molecule has 1 saturated heterocycles. The maximum absolute atomic E-state index is 11.4. The number of hydrogen-bond acceptors (Lipinski definition) is 3. The summed E-state index contributed by atoms with van der Waals surface area (Å²) in [5.41, 5.74) is 0.505. The van der Waals surface area contributed by atoms with Gasteiger partial charge >= 0.3 is 5.97 Å². The van der Waals surface area contributed by atoms with Gasteiger partial charge in [-0.05, 0) is 12.1 Å². The average Bonchev–Trinajstić information content (AvgIpc) is 2.28. The van der Waals surface area contributed by atoms with Gasteiger partial charge in [0.1, 0.15) is 0 Å². The van der Waals surface area contributed by atoms with Crippen LogP contribution in [0, 0.1) is 0 Å². The van der Waals surface area contributed by atoms with Gasteiger partial charge in [-0.1, -0.05) is 18.2 Å². The number of nitrogens with zero attached hydrogens (tertiary/aromatic N) is 1. The maximum Gasteiger partial charge on any atom is 0.339 e. The number of carbonyl (C=O) groups excluding carboxylic acids is 2. The molecule has 1 heterocycles. The molecule has 1 aliphatic heterocycles. The molecule has 1 fully saturated rings. The van der Waals surface area contributed by atoms with Crippen molar-refractivity contribution in [2.45, 2.75) is 6.42 Å². The third-order valence-electron chi connectivity index (χ3n) is 2.31. The molecule has 0 aliphatic carbocycles. The number of amides is 1. The summed E-state index contributed by atoms with van der Waals surface area (Å²) in [5, 5.41) is 0. The van der Waals surface area contributed by atoms with Crippen molar-refractivity contribution in [2.24, 2.45) is 0 Å². The Hall–Kier alpha value is -1.84. The van der Waals surface area contributed by atoms with Gasteiger partial charge in [0.15, 0.2) is 6.73 Å². The second kappa shape index (κ2) is 4.13. The second-order valence-corrected chi connectivity index (χ2v) is 3.33. The minimum atomic E-state index is -0.393. The van der Waals surface area contributed by atoms with Gasteiger partial charge < -0.3 is 9.64 Å². The number of hydrogen-bond donors (Lipinski definition) is 0. The highest BCUT2D eigenvalue weighted by Crippen LogP contribution is 2.09. The van der Waals surface area contributed by atoms with Crippen LogP contribution in [0.5, 0.6) is 0 Å². The Morgan fingerprint density at radius 3 is 2.60 bits per heavy atom. The van der Waals surface area contributed by atoms with E-state index in [1.54, 1.807) is 24.3 Å². The predicted molar refractivity (Wildman–Crippen MR) is 53.1 cm³/mol. The van der Waals surface area contributed by atoms with Gasteiger partial charge in [-0.15, -0.1) is 0 Å². The van der Waals surface area contributed by atoms with Gasteiger partial charge in [0.05, 0.1) is 5.56 Å². The summed E-state index contributed by atoms with van der Waals surface area (Å²) in [7, 11) is 0. The first-order valence-electron chi connectivity index (χ1n) is 4.77. The van der Waals surface area contributed by atoms with Gasteiger partial charge in [-0.25, -0.2) is 4.79 Å². The Kier molecular flexibility index (Phi) is 2.67. The Morgan fingerprint density at radius 1 is 1.33 bits per heavy atom. The molecule has 0 saturated carbocycles. The third kappa shape index (κ3) is 2.15. The molecular weight excluding hydrogens is 194 g/mol. The van der Waals surface area contributed by atoms with E-state index in [9.17, 15) is 9.59 Å². The fourth-order valence-electron chi connectivity index (χ4n) is 1.29. The topological polar surface area (TPSA) is 46.6 Å². The van der Waals surface area contributed by atoms with Crippen molar-refractivity contribution in [3.05, 3.63) is 35.9 Å². The normalized spacial score (nSPS) is 14.7. The lowest BCUT2D eigenvalue weighted by molar-refractivity contribution is -0.144. The van der Waals surface area contributed by atoms with Crippen molar-refractivity contribution in [3.8, 4) is 0 Å². The summed E-state index contributed by atoms with van der Waals surface area (Å²) in [6, 6.07) is 8.73. The van der Waals surface area contributed by atoms with Crippen LogP contribution >= 0.6 is 0 Å². The van der Waals surface area contributed by atoms with E-state index in [1.807, 2.05) is 6.07 Å². The van der Waals surface area contributed by atoms with Gasteiger partial charge in [0.2, 0.25) is 5.91 Å². The van der Waals surface area contributed by atoms with Gasteiger partial charge in [-0.3, -0.25) is 4.79 Å². The second-order valence-electron chi connectivity index (χ2n) is 3.33. The Morgan fingerprint density at radius 2 is 2.07 bits per heavy atom. The molecule has 1 amide bonds. The standard InChI is InChI=1S/C11H11NO3/c13-10-6-7-12(10)8-15-11(14)9-4-2-1-3-5-9/h1-5H,6-8H2. The first-order valence-corrected chi connectivity index (χ1v) is 4.77. The monoisotopic (exact) mass is 205 g/mol. The SMILES string of the molecule is O=C(OCN1CCC1=O)c1ccccc1. The molecule has 2 rings (SSSR count). The van der Waals surface area contributed by atoms with Crippen LogP contribution < -0.4 is 0 Å². The van der Waals surface area contributed by atoms with E-state index >= 15 is 0 Å². The number of benzene rings is 1. The summed E-state index contributed by atoms with van der Waals surface area (Å²) in [6.45, 7) is 0.744. The quantitative estimate of drug-likeness (QED) is 0.547. The minimum Gasteiger partial charge on any atom is -0.441 e. The van der Waals surface area contributed by atoms with E-state index in [2.05, 4.69) is 0 Å². The molecule has 0 atom stereocenters. The van der Waals surface area contributed by atoms with Crippen LogP contribution in [0.2, 0.25) is 0 Å². The van der Waals surface area contributed by atoms with Crippen LogP contribution in [-0.2, 0) is 9.53 Å². The fraction of sp³-hybridized carbons (Fsp3) is 0.273. The van der Waals surface area contributed by atoms with E-state index in [1.165, 1.54) is 4.90 Å². The zero-order chi connectivity index (χ0) is 10.7. The lowest BCUT2D eigenvalue weighted by Crippen LogP contribution is -2.44. The van der Waals surface area contributed by atoms with Crippen molar-refractivity contribution in [1.82, 2.24) is 4.90 Å². The molecule has 4 heteroatoms. The van der Waals surface area contributed by atoms with E-state index in [-0.39, 0.29) is 12.6 Å². The van der Waals surface area contributed by atoms with E-state index in [0.29, 0.717) is 18.5 Å². The molecule has 4 nitrogen and oxygen atoms in total. The smallest absolute Gasteiger partial charge is 0.339 e. The largest absolute Gasteiger partial charge is 0.441 e. The molecule has 1 aromatic rings. The van der Waals surface area contributed by atoms with Crippen LogP contribution in [-0.4, -0.2) is 30.1 Å². The highest BCUT2D eigenvalue weighted by Gasteiger charge is 2.24. The molecule has 1 aromatic carbocycles. The molecule has 78 valence electrons. The Bertz CT molecular complexity index is 375. The third-order valence-corrected chi connectivity index (χ3v) is 2.31. The summed E-state index contributed by atoms with van der Waals surface area (Å²) in [5.74, 6) is -0.355. The fourth-order valence-corrected chi connectivity index (χ4v) is 1.29. The van der Waals surface area contributed by atoms with Gasteiger partial charge in [0, 0.05) is 13.0 Å². The van der Waals surface area contributed by atoms with Crippen LogP contribution in [0.3, 0.4) is 0 Å². The first kappa shape index (κ1) is 9.71. The Balaban J connectivity index is 1.85. The van der Waals surface area contributed by atoms with E-state index in [0.717, 1.165) is 0 Å². The number of carbonyl (C=O) groups is 2. The zero-order valence-electron chi connectivity index (χ0n) is 8.18.